The fourth-order valence-corrected chi connectivity index (χ4v) is 2.99. The van der Waals surface area contributed by atoms with Gasteiger partial charge in [0.1, 0.15) is 15.6 Å². The first kappa shape index (κ1) is 14.2. The van der Waals surface area contributed by atoms with Crippen LogP contribution < -0.4 is 4.74 Å². The number of carbonyl (C=O) groups excluding carboxylic acids is 1. The predicted molar refractivity (Wildman–Crippen MR) is 68.8 cm³/mol. The first-order valence-corrected chi connectivity index (χ1v) is 8.04. The molecule has 1 heterocycles. The Morgan fingerprint density at radius 2 is 2.18 bits per heavy atom. The monoisotopic (exact) mass is 276 g/mol. The number of sulfone groups is 1. The molecule has 0 fully saturated rings. The number of Topliss-reactive ketones (excluding diaryl/α,β-unsaturated/α-hetero) is 1. The van der Waals surface area contributed by atoms with Crippen LogP contribution in [0.25, 0.3) is 0 Å². The average molecular weight is 276 g/mol. The Labute approximate surface area is 106 Å². The Morgan fingerprint density at radius 1 is 1.47 bits per heavy atom. The third-order valence-electron chi connectivity index (χ3n) is 2.38. The van der Waals surface area contributed by atoms with E-state index in [4.69, 9.17) is 4.74 Å². The molecule has 0 unspecified atom stereocenters. The van der Waals surface area contributed by atoms with Gasteiger partial charge < -0.3 is 4.74 Å². The standard InChI is InChI=1S/C11H16O4S2/c1-3-17(13,14)6-4-5-10(12)11-7-9(15-2)8-16-11/h7-8H,3-6H2,1-2H3. The number of hydrogen-bond donors (Lipinski definition) is 0. The van der Waals surface area contributed by atoms with Gasteiger partial charge >= 0.3 is 0 Å². The van der Waals surface area contributed by atoms with Gasteiger partial charge in [-0.15, -0.1) is 11.3 Å². The second kappa shape index (κ2) is 6.16. The molecule has 6 heteroatoms. The van der Waals surface area contributed by atoms with Crippen LogP contribution in [0.2, 0.25) is 0 Å². The number of ketones is 1. The molecule has 0 atom stereocenters. The first-order valence-electron chi connectivity index (χ1n) is 5.34. The molecule has 17 heavy (non-hydrogen) atoms. The molecule has 1 aromatic heterocycles. The van der Waals surface area contributed by atoms with Crippen molar-refractivity contribution in [2.75, 3.05) is 18.6 Å². The maximum atomic E-state index is 11.7. The average Bonchev–Trinajstić information content (AvgIpc) is 2.77. The molecule has 0 saturated heterocycles. The second-order valence-corrected chi connectivity index (χ2v) is 7.00. The lowest BCUT2D eigenvalue weighted by Gasteiger charge is -2.00. The quantitative estimate of drug-likeness (QED) is 0.716. The summed E-state index contributed by atoms with van der Waals surface area (Å²) in [6, 6.07) is 1.68. The van der Waals surface area contributed by atoms with Crippen molar-refractivity contribution < 1.29 is 17.9 Å². The minimum absolute atomic E-state index is 0.0235. The summed E-state index contributed by atoms with van der Waals surface area (Å²) < 4.78 is 27.5. The number of hydrogen-bond acceptors (Lipinski definition) is 5. The van der Waals surface area contributed by atoms with E-state index in [1.807, 2.05) is 0 Å². The summed E-state index contributed by atoms with van der Waals surface area (Å²) in [6.07, 6.45) is 0.651. The van der Waals surface area contributed by atoms with Gasteiger partial charge in [0, 0.05) is 23.6 Å². The zero-order chi connectivity index (χ0) is 12.9. The smallest absolute Gasteiger partial charge is 0.172 e. The van der Waals surface area contributed by atoms with E-state index >= 15 is 0 Å². The summed E-state index contributed by atoms with van der Waals surface area (Å²) in [4.78, 5) is 12.3. The van der Waals surface area contributed by atoms with Crippen LogP contribution in [0.3, 0.4) is 0 Å². The molecule has 4 nitrogen and oxygen atoms in total. The zero-order valence-electron chi connectivity index (χ0n) is 9.93. The summed E-state index contributed by atoms with van der Waals surface area (Å²) in [5, 5.41) is 1.76. The zero-order valence-corrected chi connectivity index (χ0v) is 11.6. The molecular weight excluding hydrogens is 260 g/mol. The minimum Gasteiger partial charge on any atom is -0.496 e. The van der Waals surface area contributed by atoms with Crippen molar-refractivity contribution in [1.82, 2.24) is 0 Å². The van der Waals surface area contributed by atoms with Crippen molar-refractivity contribution in [2.45, 2.75) is 19.8 Å². The van der Waals surface area contributed by atoms with E-state index in [-0.39, 0.29) is 23.7 Å². The van der Waals surface area contributed by atoms with E-state index in [2.05, 4.69) is 0 Å². The van der Waals surface area contributed by atoms with Crippen molar-refractivity contribution >= 4 is 27.0 Å². The lowest BCUT2D eigenvalue weighted by atomic mass is 10.2. The van der Waals surface area contributed by atoms with E-state index < -0.39 is 9.84 Å². The van der Waals surface area contributed by atoms with Gasteiger partial charge in [-0.3, -0.25) is 4.79 Å². The molecule has 0 bridgehead atoms. The van der Waals surface area contributed by atoms with Crippen LogP contribution in [0.5, 0.6) is 5.75 Å². The van der Waals surface area contributed by atoms with E-state index in [0.717, 1.165) is 0 Å². The molecule has 0 saturated carbocycles. The molecule has 1 rings (SSSR count). The summed E-state index contributed by atoms with van der Waals surface area (Å²) in [7, 11) is -1.42. The van der Waals surface area contributed by atoms with Crippen LogP contribution in [0, 0.1) is 0 Å². The van der Waals surface area contributed by atoms with Gasteiger partial charge in [-0.25, -0.2) is 8.42 Å². The van der Waals surface area contributed by atoms with Gasteiger partial charge in [0.05, 0.1) is 17.7 Å². The van der Waals surface area contributed by atoms with Crippen LogP contribution in [-0.2, 0) is 9.84 Å². The van der Waals surface area contributed by atoms with Crippen molar-refractivity contribution in [3.05, 3.63) is 16.3 Å². The molecular formula is C11H16O4S2. The molecule has 0 amide bonds. The number of carbonyl (C=O) groups is 1. The van der Waals surface area contributed by atoms with Crippen molar-refractivity contribution in [2.24, 2.45) is 0 Å². The maximum absolute atomic E-state index is 11.7. The van der Waals surface area contributed by atoms with E-state index in [1.54, 1.807) is 25.5 Å². The van der Waals surface area contributed by atoms with Gasteiger partial charge in [-0.05, 0) is 6.42 Å². The largest absolute Gasteiger partial charge is 0.496 e. The van der Waals surface area contributed by atoms with Crippen LogP contribution in [0.4, 0.5) is 0 Å². The van der Waals surface area contributed by atoms with Crippen LogP contribution in [0.1, 0.15) is 29.4 Å². The first-order chi connectivity index (χ1) is 7.98. The molecule has 0 aliphatic carbocycles. The lowest BCUT2D eigenvalue weighted by Crippen LogP contribution is -2.10. The third-order valence-corrected chi connectivity index (χ3v) is 5.12. The van der Waals surface area contributed by atoms with E-state index in [9.17, 15) is 13.2 Å². The SMILES string of the molecule is CCS(=O)(=O)CCCC(=O)c1cc(OC)cs1. The van der Waals surface area contributed by atoms with E-state index in [1.165, 1.54) is 11.3 Å². The van der Waals surface area contributed by atoms with Crippen LogP contribution in [-0.4, -0.2) is 32.8 Å². The Balaban J connectivity index is 2.45. The van der Waals surface area contributed by atoms with Crippen molar-refractivity contribution in [1.29, 1.82) is 0 Å². The highest BCUT2D eigenvalue weighted by Gasteiger charge is 2.12. The molecule has 0 N–H and O–H groups in total. The predicted octanol–water partition coefficient (Wildman–Crippen LogP) is 2.15. The van der Waals surface area contributed by atoms with E-state index in [0.29, 0.717) is 17.0 Å². The maximum Gasteiger partial charge on any atom is 0.172 e. The molecule has 0 radical (unpaired) electrons. The third kappa shape index (κ3) is 4.47. The van der Waals surface area contributed by atoms with Crippen molar-refractivity contribution in [3.8, 4) is 5.75 Å². The summed E-state index contributed by atoms with van der Waals surface area (Å²) in [6.45, 7) is 1.61. The van der Waals surface area contributed by atoms with Crippen LogP contribution >= 0.6 is 11.3 Å². The molecule has 1 aromatic rings. The normalized spacial score (nSPS) is 11.4. The molecule has 0 spiro atoms. The Hall–Kier alpha value is -0.880. The van der Waals surface area contributed by atoms with Gasteiger partial charge in [0.25, 0.3) is 0 Å². The van der Waals surface area contributed by atoms with Gasteiger partial charge in [0.15, 0.2) is 5.78 Å². The second-order valence-electron chi connectivity index (χ2n) is 3.61. The number of thiophene rings is 1. The topological polar surface area (TPSA) is 60.4 Å². The molecule has 96 valence electrons. The number of rotatable bonds is 7. The highest BCUT2D eigenvalue weighted by Crippen LogP contribution is 2.22. The Kier molecular flexibility index (Phi) is 5.14. The summed E-state index contributed by atoms with van der Waals surface area (Å²) >= 11 is 1.32. The molecule has 0 aromatic carbocycles. The highest BCUT2D eigenvalue weighted by molar-refractivity contribution is 7.91. The molecule has 0 aliphatic heterocycles. The lowest BCUT2D eigenvalue weighted by molar-refractivity contribution is 0.0985. The number of ether oxygens (including phenoxy) is 1. The Bertz CT molecular complexity index is 473. The van der Waals surface area contributed by atoms with Gasteiger partial charge in [0.2, 0.25) is 0 Å². The van der Waals surface area contributed by atoms with Crippen molar-refractivity contribution in [3.63, 3.8) is 0 Å². The summed E-state index contributed by atoms with van der Waals surface area (Å²) in [5.74, 6) is 0.857. The minimum atomic E-state index is -2.97. The van der Waals surface area contributed by atoms with Gasteiger partial charge in [-0.2, -0.15) is 0 Å². The Morgan fingerprint density at radius 3 is 2.71 bits per heavy atom. The van der Waals surface area contributed by atoms with Crippen LogP contribution in [0.15, 0.2) is 11.4 Å². The molecule has 0 aliphatic rings. The highest BCUT2D eigenvalue weighted by atomic mass is 32.2. The summed E-state index contributed by atoms with van der Waals surface area (Å²) in [5.41, 5.74) is 0. The number of methoxy groups -OCH3 is 1. The fourth-order valence-electron chi connectivity index (χ4n) is 1.29. The fraction of sp³-hybridized carbons (Fsp3) is 0.545. The van der Waals surface area contributed by atoms with Gasteiger partial charge in [-0.1, -0.05) is 6.92 Å².